The average molecular weight is 473 g/mol. The van der Waals surface area contributed by atoms with Gasteiger partial charge in [-0.25, -0.2) is 0 Å². The number of fused-ring (bicyclic) bond motifs is 2. The molecular formula is C31H37ClN2. The van der Waals surface area contributed by atoms with E-state index in [9.17, 15) is 5.26 Å². The molecular weight excluding hydrogens is 436 g/mol. The number of rotatable bonds is 5. The SMILES string of the molecule is Cl.N#CC(CCCN1CCC(=C2c3ccccc3C=Cc3ccccc32)CC1)C1CCCCC1. The first-order valence-corrected chi connectivity index (χ1v) is 13.0. The summed E-state index contributed by atoms with van der Waals surface area (Å²) in [7, 11) is 0. The molecule has 1 atom stereocenters. The first-order chi connectivity index (χ1) is 16.3. The zero-order chi connectivity index (χ0) is 22.5. The van der Waals surface area contributed by atoms with Gasteiger partial charge in [0.05, 0.1) is 6.07 Å². The lowest BCUT2D eigenvalue weighted by Crippen LogP contribution is -2.32. The maximum Gasteiger partial charge on any atom is 0.0658 e. The van der Waals surface area contributed by atoms with Crippen LogP contribution in [-0.4, -0.2) is 24.5 Å². The van der Waals surface area contributed by atoms with Crippen LogP contribution in [0.2, 0.25) is 0 Å². The Bertz CT molecular complexity index is 1010. The zero-order valence-electron chi connectivity index (χ0n) is 20.2. The van der Waals surface area contributed by atoms with Gasteiger partial charge in [0.2, 0.25) is 0 Å². The van der Waals surface area contributed by atoms with Crippen LogP contribution in [0, 0.1) is 23.2 Å². The van der Waals surface area contributed by atoms with Crippen LogP contribution in [0.3, 0.4) is 0 Å². The standard InChI is InChI=1S/C31H36N2.ClH/c32-23-28(24-9-2-1-3-10-24)13-8-20-33-21-18-27(19-22-33)31-29-14-6-4-11-25(29)16-17-26-12-5-7-15-30(26)31;/h4-7,11-12,14-17,24,28H,1-3,8-10,13,18-22H2;1H. The minimum Gasteiger partial charge on any atom is -0.303 e. The number of hydrogen-bond donors (Lipinski definition) is 0. The van der Waals surface area contributed by atoms with Crippen LogP contribution < -0.4 is 0 Å². The molecule has 178 valence electrons. The fraction of sp³-hybridized carbons (Fsp3) is 0.452. The van der Waals surface area contributed by atoms with Crippen LogP contribution in [0.25, 0.3) is 17.7 Å². The van der Waals surface area contributed by atoms with Crippen LogP contribution in [0.15, 0.2) is 54.1 Å². The molecule has 2 aliphatic carbocycles. The van der Waals surface area contributed by atoms with E-state index in [0.29, 0.717) is 5.92 Å². The van der Waals surface area contributed by atoms with E-state index in [0.717, 1.165) is 45.3 Å². The Balaban J connectivity index is 0.00000274. The molecule has 0 N–H and O–H groups in total. The van der Waals surface area contributed by atoms with Gasteiger partial charge in [-0.2, -0.15) is 5.26 Å². The minimum atomic E-state index is 0. The van der Waals surface area contributed by atoms with Gasteiger partial charge in [-0.15, -0.1) is 12.4 Å². The first kappa shape index (κ1) is 24.8. The quantitative estimate of drug-likeness (QED) is 0.376. The summed E-state index contributed by atoms with van der Waals surface area (Å²) in [5.41, 5.74) is 8.48. The topological polar surface area (TPSA) is 27.0 Å². The number of likely N-dealkylation sites (tertiary alicyclic amines) is 1. The van der Waals surface area contributed by atoms with Crippen LogP contribution in [0.5, 0.6) is 0 Å². The molecule has 1 heterocycles. The Hall–Kier alpha value is -2.34. The number of hydrogen-bond acceptors (Lipinski definition) is 2. The second-order valence-corrected chi connectivity index (χ2v) is 10.1. The third-order valence-corrected chi connectivity index (χ3v) is 8.09. The lowest BCUT2D eigenvalue weighted by Gasteiger charge is -2.31. The van der Waals surface area contributed by atoms with Gasteiger partial charge in [0, 0.05) is 19.0 Å². The molecule has 2 nitrogen and oxygen atoms in total. The predicted octanol–water partition coefficient (Wildman–Crippen LogP) is 7.99. The molecule has 1 unspecified atom stereocenters. The normalized spacial score (nSPS) is 19.4. The van der Waals surface area contributed by atoms with Gasteiger partial charge >= 0.3 is 0 Å². The Morgan fingerprint density at radius 2 is 1.44 bits per heavy atom. The van der Waals surface area contributed by atoms with Crippen LogP contribution in [0.4, 0.5) is 0 Å². The van der Waals surface area contributed by atoms with E-state index in [1.165, 1.54) is 59.9 Å². The second-order valence-electron chi connectivity index (χ2n) is 10.1. The van der Waals surface area contributed by atoms with Gasteiger partial charge in [-0.1, -0.05) is 85.5 Å². The molecule has 1 aliphatic heterocycles. The summed E-state index contributed by atoms with van der Waals surface area (Å²) in [6.45, 7) is 3.41. The van der Waals surface area contributed by atoms with Crippen molar-refractivity contribution < 1.29 is 0 Å². The van der Waals surface area contributed by atoms with E-state index >= 15 is 0 Å². The molecule has 2 fully saturated rings. The van der Waals surface area contributed by atoms with Gasteiger partial charge < -0.3 is 4.90 Å². The molecule has 2 aromatic carbocycles. The highest BCUT2D eigenvalue weighted by atomic mass is 35.5. The van der Waals surface area contributed by atoms with Crippen LogP contribution in [-0.2, 0) is 0 Å². The van der Waals surface area contributed by atoms with Gasteiger partial charge in [-0.05, 0) is 78.8 Å². The largest absolute Gasteiger partial charge is 0.303 e. The number of benzene rings is 2. The van der Waals surface area contributed by atoms with Crippen molar-refractivity contribution in [3.63, 3.8) is 0 Å². The molecule has 0 amide bonds. The van der Waals surface area contributed by atoms with Crippen molar-refractivity contribution in [2.45, 2.75) is 57.8 Å². The first-order valence-electron chi connectivity index (χ1n) is 13.0. The molecule has 0 radical (unpaired) electrons. The Kier molecular flexibility index (Phi) is 8.65. The second kappa shape index (κ2) is 11.9. The van der Waals surface area contributed by atoms with Crippen LogP contribution in [0.1, 0.15) is 80.0 Å². The maximum atomic E-state index is 9.70. The summed E-state index contributed by atoms with van der Waals surface area (Å²) in [5.74, 6) is 0.935. The van der Waals surface area contributed by atoms with Crippen molar-refractivity contribution in [2.24, 2.45) is 11.8 Å². The smallest absolute Gasteiger partial charge is 0.0658 e. The van der Waals surface area contributed by atoms with Gasteiger partial charge in [0.15, 0.2) is 0 Å². The van der Waals surface area contributed by atoms with Gasteiger partial charge in [-0.3, -0.25) is 0 Å². The van der Waals surface area contributed by atoms with E-state index in [4.69, 9.17) is 0 Å². The molecule has 1 saturated heterocycles. The molecule has 0 aromatic heterocycles. The summed E-state index contributed by atoms with van der Waals surface area (Å²) in [4.78, 5) is 2.63. The monoisotopic (exact) mass is 472 g/mol. The Morgan fingerprint density at radius 3 is 2.03 bits per heavy atom. The summed E-state index contributed by atoms with van der Waals surface area (Å²) in [5, 5.41) is 9.70. The third-order valence-electron chi connectivity index (χ3n) is 8.09. The summed E-state index contributed by atoms with van der Waals surface area (Å²) in [6.07, 6.45) is 15.6. The molecule has 2 aromatic rings. The average Bonchev–Trinajstić information content (AvgIpc) is 3.05. The molecule has 1 saturated carbocycles. The van der Waals surface area contributed by atoms with Crippen molar-refractivity contribution in [2.75, 3.05) is 19.6 Å². The van der Waals surface area contributed by atoms with E-state index in [-0.39, 0.29) is 18.3 Å². The molecule has 5 rings (SSSR count). The van der Waals surface area contributed by atoms with Crippen molar-refractivity contribution in [3.8, 4) is 6.07 Å². The van der Waals surface area contributed by atoms with E-state index in [2.05, 4.69) is 71.7 Å². The summed E-state index contributed by atoms with van der Waals surface area (Å²) < 4.78 is 0. The summed E-state index contributed by atoms with van der Waals surface area (Å²) in [6, 6.07) is 20.4. The van der Waals surface area contributed by atoms with Crippen LogP contribution >= 0.6 is 12.4 Å². The van der Waals surface area contributed by atoms with Crippen molar-refractivity contribution in [1.29, 1.82) is 5.26 Å². The lowest BCUT2D eigenvalue weighted by molar-refractivity contribution is 0.230. The fourth-order valence-corrected chi connectivity index (χ4v) is 6.22. The Labute approximate surface area is 211 Å². The number of halogens is 1. The highest BCUT2D eigenvalue weighted by Gasteiger charge is 2.25. The zero-order valence-corrected chi connectivity index (χ0v) is 21.0. The highest BCUT2D eigenvalue weighted by molar-refractivity contribution is 5.94. The maximum absolute atomic E-state index is 9.70. The minimum absolute atomic E-state index is 0. The van der Waals surface area contributed by atoms with Crippen molar-refractivity contribution in [1.82, 2.24) is 4.90 Å². The van der Waals surface area contributed by atoms with E-state index in [1.54, 1.807) is 5.57 Å². The van der Waals surface area contributed by atoms with Gasteiger partial charge in [0.1, 0.15) is 0 Å². The molecule has 0 bridgehead atoms. The fourth-order valence-electron chi connectivity index (χ4n) is 6.22. The molecule has 3 aliphatic rings. The Morgan fingerprint density at radius 1 is 0.853 bits per heavy atom. The molecule has 0 spiro atoms. The number of nitrogens with zero attached hydrogens (tertiary/aromatic N) is 2. The third kappa shape index (κ3) is 5.48. The lowest BCUT2D eigenvalue weighted by atomic mass is 9.79. The number of nitriles is 1. The number of piperidine rings is 1. The predicted molar refractivity (Wildman–Crippen MR) is 146 cm³/mol. The van der Waals surface area contributed by atoms with E-state index < -0.39 is 0 Å². The molecule has 34 heavy (non-hydrogen) atoms. The molecule has 3 heteroatoms. The summed E-state index contributed by atoms with van der Waals surface area (Å²) >= 11 is 0. The highest BCUT2D eigenvalue weighted by Crippen LogP contribution is 2.39. The van der Waals surface area contributed by atoms with Crippen molar-refractivity contribution >= 4 is 30.1 Å². The van der Waals surface area contributed by atoms with Crippen molar-refractivity contribution in [3.05, 3.63) is 76.4 Å². The van der Waals surface area contributed by atoms with Gasteiger partial charge in [0.25, 0.3) is 0 Å². The van der Waals surface area contributed by atoms with E-state index in [1.807, 2.05) is 0 Å².